The number of rotatable bonds is 3. The fourth-order valence-corrected chi connectivity index (χ4v) is 1.73. The SMILES string of the molecule is Cc1cnc(CNC(=O)c2ccc(I)c(O)c2)o1. The van der Waals surface area contributed by atoms with Crippen molar-refractivity contribution in [1.82, 2.24) is 10.3 Å². The van der Waals surface area contributed by atoms with Crippen molar-refractivity contribution < 1.29 is 14.3 Å². The van der Waals surface area contributed by atoms with Crippen LogP contribution in [0.4, 0.5) is 0 Å². The van der Waals surface area contributed by atoms with Crippen molar-refractivity contribution in [2.75, 3.05) is 0 Å². The summed E-state index contributed by atoms with van der Waals surface area (Å²) >= 11 is 1.99. The summed E-state index contributed by atoms with van der Waals surface area (Å²) in [6, 6.07) is 4.76. The second kappa shape index (κ2) is 5.38. The smallest absolute Gasteiger partial charge is 0.251 e. The van der Waals surface area contributed by atoms with E-state index >= 15 is 0 Å². The van der Waals surface area contributed by atoms with E-state index in [1.165, 1.54) is 6.07 Å². The Hall–Kier alpha value is -1.57. The van der Waals surface area contributed by atoms with Crippen molar-refractivity contribution in [3.05, 3.63) is 45.2 Å². The zero-order chi connectivity index (χ0) is 13.1. The summed E-state index contributed by atoms with van der Waals surface area (Å²) in [6.07, 6.45) is 1.60. The molecule has 18 heavy (non-hydrogen) atoms. The van der Waals surface area contributed by atoms with Crippen LogP contribution in [-0.4, -0.2) is 16.0 Å². The van der Waals surface area contributed by atoms with Gasteiger partial charge in [0.15, 0.2) is 0 Å². The summed E-state index contributed by atoms with van der Waals surface area (Å²) in [7, 11) is 0. The first-order chi connectivity index (χ1) is 8.56. The van der Waals surface area contributed by atoms with Crippen LogP contribution in [0.2, 0.25) is 0 Å². The lowest BCUT2D eigenvalue weighted by Crippen LogP contribution is -2.22. The van der Waals surface area contributed by atoms with Gasteiger partial charge in [0.2, 0.25) is 5.89 Å². The molecule has 2 rings (SSSR count). The quantitative estimate of drug-likeness (QED) is 0.826. The highest BCUT2D eigenvalue weighted by atomic mass is 127. The number of nitrogens with one attached hydrogen (secondary N) is 1. The molecule has 2 N–H and O–H groups in total. The predicted octanol–water partition coefficient (Wildman–Crippen LogP) is 2.22. The fraction of sp³-hybridized carbons (Fsp3) is 0.167. The van der Waals surface area contributed by atoms with Crippen LogP contribution >= 0.6 is 22.6 Å². The minimum absolute atomic E-state index is 0.0928. The van der Waals surface area contributed by atoms with E-state index in [1.54, 1.807) is 25.3 Å². The van der Waals surface area contributed by atoms with Gasteiger partial charge < -0.3 is 14.8 Å². The second-order valence-electron chi connectivity index (χ2n) is 3.71. The molecule has 0 atom stereocenters. The molecule has 6 heteroatoms. The monoisotopic (exact) mass is 358 g/mol. The third-order valence-electron chi connectivity index (χ3n) is 2.28. The lowest BCUT2D eigenvalue weighted by molar-refractivity contribution is 0.0946. The molecule has 1 heterocycles. The maximum atomic E-state index is 11.8. The van der Waals surface area contributed by atoms with Gasteiger partial charge in [0.05, 0.1) is 16.3 Å². The average Bonchev–Trinajstić information content (AvgIpc) is 2.75. The lowest BCUT2D eigenvalue weighted by Gasteiger charge is -2.04. The number of aromatic nitrogens is 1. The highest BCUT2D eigenvalue weighted by Gasteiger charge is 2.09. The number of aryl methyl sites for hydroxylation is 1. The number of hydrogen-bond donors (Lipinski definition) is 2. The summed E-state index contributed by atoms with van der Waals surface area (Å²) in [5, 5.41) is 12.2. The van der Waals surface area contributed by atoms with Crippen LogP contribution in [0.5, 0.6) is 5.75 Å². The van der Waals surface area contributed by atoms with Gasteiger partial charge in [0.25, 0.3) is 5.91 Å². The van der Waals surface area contributed by atoms with Crippen molar-refractivity contribution in [2.45, 2.75) is 13.5 Å². The number of amides is 1. The van der Waals surface area contributed by atoms with Crippen molar-refractivity contribution in [1.29, 1.82) is 0 Å². The van der Waals surface area contributed by atoms with Crippen LogP contribution in [0.25, 0.3) is 0 Å². The number of aromatic hydroxyl groups is 1. The van der Waals surface area contributed by atoms with Gasteiger partial charge in [-0.15, -0.1) is 0 Å². The predicted molar refractivity (Wildman–Crippen MR) is 73.2 cm³/mol. The maximum Gasteiger partial charge on any atom is 0.251 e. The molecule has 0 unspecified atom stereocenters. The summed E-state index contributed by atoms with van der Waals surface area (Å²) in [5.41, 5.74) is 0.399. The second-order valence-corrected chi connectivity index (χ2v) is 4.88. The maximum absolute atomic E-state index is 11.8. The Kier molecular flexibility index (Phi) is 3.85. The van der Waals surface area contributed by atoms with Crippen LogP contribution in [-0.2, 0) is 6.54 Å². The third kappa shape index (κ3) is 3.00. The summed E-state index contributed by atoms with van der Waals surface area (Å²) in [5.74, 6) is 0.967. The van der Waals surface area contributed by atoms with E-state index in [9.17, 15) is 9.90 Å². The molecule has 1 aromatic heterocycles. The Morgan fingerprint density at radius 2 is 2.33 bits per heavy atom. The molecule has 94 valence electrons. The standard InChI is InChI=1S/C12H11IN2O3/c1-7-5-14-11(18-7)6-15-12(17)8-2-3-9(13)10(16)4-8/h2-5,16H,6H2,1H3,(H,15,17). The first kappa shape index (κ1) is 12.9. The molecular formula is C12H11IN2O3. The number of carbonyl (C=O) groups excluding carboxylic acids is 1. The molecule has 0 aliphatic rings. The van der Waals surface area contributed by atoms with Gasteiger partial charge in [0.1, 0.15) is 11.5 Å². The number of oxazole rings is 1. The Bertz CT molecular complexity index is 580. The van der Waals surface area contributed by atoms with E-state index < -0.39 is 0 Å². The normalized spacial score (nSPS) is 10.3. The number of phenols is 1. The summed E-state index contributed by atoms with van der Waals surface area (Å²) in [6.45, 7) is 2.01. The summed E-state index contributed by atoms with van der Waals surface area (Å²) < 4.78 is 5.94. The molecule has 0 radical (unpaired) electrons. The van der Waals surface area contributed by atoms with Crippen LogP contribution < -0.4 is 5.32 Å². The molecule has 1 amide bonds. The lowest BCUT2D eigenvalue weighted by atomic mass is 10.2. The molecule has 0 saturated heterocycles. The van der Waals surface area contributed by atoms with Gasteiger partial charge in [-0.05, 0) is 47.7 Å². The van der Waals surface area contributed by atoms with E-state index in [2.05, 4.69) is 10.3 Å². The molecule has 2 aromatic rings. The van der Waals surface area contributed by atoms with Crippen LogP contribution in [0.1, 0.15) is 22.0 Å². The van der Waals surface area contributed by atoms with Crippen molar-refractivity contribution >= 4 is 28.5 Å². The first-order valence-corrected chi connectivity index (χ1v) is 6.32. The Morgan fingerprint density at radius 3 is 2.94 bits per heavy atom. The van der Waals surface area contributed by atoms with Crippen LogP contribution in [0.15, 0.2) is 28.8 Å². The minimum atomic E-state index is -0.280. The van der Waals surface area contributed by atoms with Gasteiger partial charge >= 0.3 is 0 Å². The van der Waals surface area contributed by atoms with Crippen molar-refractivity contribution in [3.63, 3.8) is 0 Å². The van der Waals surface area contributed by atoms with Gasteiger partial charge in [-0.1, -0.05) is 0 Å². The molecule has 0 bridgehead atoms. The van der Waals surface area contributed by atoms with Gasteiger partial charge in [-0.2, -0.15) is 0 Å². The number of hydrogen-bond acceptors (Lipinski definition) is 4. The van der Waals surface area contributed by atoms with E-state index in [1.807, 2.05) is 22.6 Å². The van der Waals surface area contributed by atoms with Crippen molar-refractivity contribution in [3.8, 4) is 5.75 Å². The summed E-state index contributed by atoms with van der Waals surface area (Å²) in [4.78, 5) is 15.8. The number of phenolic OH excluding ortho intramolecular Hbond substituents is 1. The number of halogens is 1. The minimum Gasteiger partial charge on any atom is -0.507 e. The van der Waals surface area contributed by atoms with E-state index in [4.69, 9.17) is 4.42 Å². The Labute approximate surface area is 117 Å². The fourth-order valence-electron chi connectivity index (χ4n) is 1.40. The molecule has 0 spiro atoms. The van der Waals surface area contributed by atoms with E-state index in [-0.39, 0.29) is 18.2 Å². The van der Waals surface area contributed by atoms with Crippen LogP contribution in [0.3, 0.4) is 0 Å². The van der Waals surface area contributed by atoms with Gasteiger partial charge in [0, 0.05) is 5.56 Å². The molecule has 0 fully saturated rings. The Balaban J connectivity index is 2.01. The highest BCUT2D eigenvalue weighted by molar-refractivity contribution is 14.1. The third-order valence-corrected chi connectivity index (χ3v) is 3.19. The molecule has 0 aliphatic heterocycles. The largest absolute Gasteiger partial charge is 0.507 e. The van der Waals surface area contributed by atoms with Gasteiger partial charge in [-0.25, -0.2) is 4.98 Å². The number of benzene rings is 1. The zero-order valence-corrected chi connectivity index (χ0v) is 11.8. The highest BCUT2D eigenvalue weighted by Crippen LogP contribution is 2.20. The molecule has 5 nitrogen and oxygen atoms in total. The average molecular weight is 358 g/mol. The first-order valence-electron chi connectivity index (χ1n) is 5.24. The number of nitrogens with zero attached hydrogens (tertiary/aromatic N) is 1. The zero-order valence-electron chi connectivity index (χ0n) is 9.61. The molecule has 1 aromatic carbocycles. The topological polar surface area (TPSA) is 75.4 Å². The van der Waals surface area contributed by atoms with Gasteiger partial charge in [-0.3, -0.25) is 4.79 Å². The van der Waals surface area contributed by atoms with Crippen LogP contribution in [0, 0.1) is 10.5 Å². The molecular weight excluding hydrogens is 347 g/mol. The number of carbonyl (C=O) groups is 1. The van der Waals surface area contributed by atoms with E-state index in [0.717, 1.165) is 0 Å². The Morgan fingerprint density at radius 1 is 1.56 bits per heavy atom. The molecule has 0 aliphatic carbocycles. The van der Waals surface area contributed by atoms with E-state index in [0.29, 0.717) is 20.8 Å². The van der Waals surface area contributed by atoms with Crippen molar-refractivity contribution in [2.24, 2.45) is 0 Å². The molecule has 0 saturated carbocycles.